The van der Waals surface area contributed by atoms with Gasteiger partial charge in [0.25, 0.3) is 0 Å². The number of hydrogen-bond acceptors (Lipinski definition) is 6. The Bertz CT molecular complexity index is 915. The zero-order valence-electron chi connectivity index (χ0n) is 17.7. The van der Waals surface area contributed by atoms with Crippen LogP contribution in [0.2, 0.25) is 0 Å². The van der Waals surface area contributed by atoms with Gasteiger partial charge in [-0.05, 0) is 25.6 Å². The molecular weight excluding hydrogens is 427 g/mol. The summed E-state index contributed by atoms with van der Waals surface area (Å²) in [7, 11) is 1.62. The number of alkyl halides is 3. The Morgan fingerprint density at radius 1 is 1.41 bits per heavy atom. The summed E-state index contributed by atoms with van der Waals surface area (Å²) >= 11 is 0. The maximum Gasteiger partial charge on any atom is 0.416 e. The second kappa shape index (κ2) is 10.4. The predicted molar refractivity (Wildman–Crippen MR) is 108 cm³/mol. The van der Waals surface area contributed by atoms with Crippen LogP contribution in [-0.2, 0) is 27.1 Å². The Labute approximate surface area is 184 Å². The van der Waals surface area contributed by atoms with Gasteiger partial charge in [-0.1, -0.05) is 30.4 Å². The predicted octanol–water partition coefficient (Wildman–Crippen LogP) is 1.65. The Kier molecular flexibility index (Phi) is 8.13. The standard InChI is InChI=1S/C21H24F3N5O3/c1-15(2)18(13-30)29-19(28(14-31)27(8-7-25)12-20(29)32)11-26(3)10-16-5-4-6-17(9-16)21(22,23)24/h4-6,9,13-14,18-19H,1,8,10-12H2,2-3H3/t18-,19?/m1/s1. The van der Waals surface area contributed by atoms with Crippen LogP contribution in [0.1, 0.15) is 18.1 Å². The van der Waals surface area contributed by atoms with E-state index in [0.29, 0.717) is 23.8 Å². The number of carbonyl (C=O) groups excluding carboxylic acids is 3. The normalized spacial score (nSPS) is 18.4. The summed E-state index contributed by atoms with van der Waals surface area (Å²) in [6.07, 6.45) is -4.45. The first-order valence-corrected chi connectivity index (χ1v) is 9.65. The molecule has 1 aromatic rings. The fourth-order valence-electron chi connectivity index (χ4n) is 3.59. The summed E-state index contributed by atoms with van der Waals surface area (Å²) in [6.45, 7) is 4.90. The van der Waals surface area contributed by atoms with E-state index in [-0.39, 0.29) is 26.2 Å². The molecule has 1 fully saturated rings. The number of benzene rings is 1. The fourth-order valence-corrected chi connectivity index (χ4v) is 3.59. The summed E-state index contributed by atoms with van der Waals surface area (Å²) in [4.78, 5) is 39.3. The van der Waals surface area contributed by atoms with Gasteiger partial charge in [-0.3, -0.25) is 19.5 Å². The third-order valence-corrected chi connectivity index (χ3v) is 5.04. The molecule has 1 aromatic carbocycles. The molecular formula is C21H24F3N5O3. The van der Waals surface area contributed by atoms with Crippen molar-refractivity contribution in [2.45, 2.75) is 31.9 Å². The molecule has 0 saturated carbocycles. The van der Waals surface area contributed by atoms with Crippen LogP contribution >= 0.6 is 0 Å². The van der Waals surface area contributed by atoms with Crippen LogP contribution in [0.25, 0.3) is 0 Å². The molecule has 1 heterocycles. The minimum Gasteiger partial charge on any atom is -0.305 e. The van der Waals surface area contributed by atoms with E-state index in [1.165, 1.54) is 22.0 Å². The van der Waals surface area contributed by atoms with Gasteiger partial charge in [0, 0.05) is 13.1 Å². The number of hydrazine groups is 1. The molecule has 172 valence electrons. The second-order valence-electron chi connectivity index (χ2n) is 7.57. The zero-order chi connectivity index (χ0) is 24.1. The van der Waals surface area contributed by atoms with E-state index in [2.05, 4.69) is 6.58 Å². The molecule has 2 rings (SSSR count). The molecule has 1 aliphatic rings. The summed E-state index contributed by atoms with van der Waals surface area (Å²) in [5, 5.41) is 11.5. The van der Waals surface area contributed by atoms with E-state index < -0.39 is 29.9 Å². The van der Waals surface area contributed by atoms with Crippen LogP contribution in [0.5, 0.6) is 0 Å². The molecule has 1 unspecified atom stereocenters. The summed E-state index contributed by atoms with van der Waals surface area (Å²) in [5.74, 6) is -0.476. The molecule has 11 heteroatoms. The molecule has 0 aliphatic carbocycles. The summed E-state index contributed by atoms with van der Waals surface area (Å²) < 4.78 is 39.0. The van der Waals surface area contributed by atoms with Gasteiger partial charge < -0.3 is 9.69 Å². The van der Waals surface area contributed by atoms with Gasteiger partial charge in [-0.25, -0.2) is 0 Å². The Hall–Kier alpha value is -3.23. The number of likely N-dealkylation sites (N-methyl/N-ethyl adjacent to an activating group) is 1. The molecule has 2 amide bonds. The largest absolute Gasteiger partial charge is 0.416 e. The number of aldehydes is 1. The van der Waals surface area contributed by atoms with E-state index in [0.717, 1.165) is 17.1 Å². The lowest BCUT2D eigenvalue weighted by Gasteiger charge is -2.49. The van der Waals surface area contributed by atoms with Crippen LogP contribution in [0, 0.1) is 11.3 Å². The van der Waals surface area contributed by atoms with Crippen LogP contribution in [-0.4, -0.2) is 77.3 Å². The third kappa shape index (κ3) is 5.72. The lowest BCUT2D eigenvalue weighted by Crippen LogP contribution is -2.69. The molecule has 0 bridgehead atoms. The van der Waals surface area contributed by atoms with Crippen LogP contribution in [0.4, 0.5) is 13.2 Å². The smallest absolute Gasteiger partial charge is 0.305 e. The minimum atomic E-state index is -4.48. The van der Waals surface area contributed by atoms with Crippen LogP contribution in [0.3, 0.4) is 0 Å². The highest BCUT2D eigenvalue weighted by Crippen LogP contribution is 2.30. The summed E-state index contributed by atoms with van der Waals surface area (Å²) in [5.41, 5.74) is -0.0104. The van der Waals surface area contributed by atoms with Crippen molar-refractivity contribution in [3.8, 4) is 6.07 Å². The van der Waals surface area contributed by atoms with Gasteiger partial charge in [0.05, 0.1) is 18.2 Å². The number of hydrogen-bond donors (Lipinski definition) is 0. The van der Waals surface area contributed by atoms with Crippen molar-refractivity contribution in [1.29, 1.82) is 5.26 Å². The van der Waals surface area contributed by atoms with Crippen molar-refractivity contribution < 1.29 is 27.6 Å². The number of amides is 2. The van der Waals surface area contributed by atoms with Gasteiger partial charge in [0.1, 0.15) is 25.0 Å². The van der Waals surface area contributed by atoms with Gasteiger partial charge in [0.15, 0.2) is 0 Å². The Balaban J connectivity index is 2.34. The average Bonchev–Trinajstić information content (AvgIpc) is 2.70. The highest BCUT2D eigenvalue weighted by Gasteiger charge is 2.42. The highest BCUT2D eigenvalue weighted by atomic mass is 19.4. The number of nitriles is 1. The molecule has 0 N–H and O–H groups in total. The topological polar surface area (TPSA) is 88.0 Å². The van der Waals surface area contributed by atoms with Crippen LogP contribution < -0.4 is 0 Å². The van der Waals surface area contributed by atoms with Crippen molar-refractivity contribution in [2.24, 2.45) is 0 Å². The first-order valence-electron chi connectivity index (χ1n) is 9.65. The Morgan fingerprint density at radius 3 is 2.62 bits per heavy atom. The third-order valence-electron chi connectivity index (χ3n) is 5.04. The first kappa shape index (κ1) is 25.0. The first-order chi connectivity index (χ1) is 15.0. The van der Waals surface area contributed by atoms with Crippen molar-refractivity contribution in [3.05, 3.63) is 47.5 Å². The maximum atomic E-state index is 13.0. The molecule has 0 spiro atoms. The number of nitrogens with zero attached hydrogens (tertiary/aromatic N) is 5. The lowest BCUT2D eigenvalue weighted by atomic mass is 10.1. The molecule has 0 aromatic heterocycles. The molecule has 2 atom stereocenters. The SMILES string of the molecule is C=C(C)[C@@H](C=O)N1C(=O)CN(CC#N)N(C=O)C1CN(C)Cc1cccc(C(F)(F)F)c1. The summed E-state index contributed by atoms with van der Waals surface area (Å²) in [6, 6.07) is 5.73. The quantitative estimate of drug-likeness (QED) is 0.322. The van der Waals surface area contributed by atoms with E-state index in [4.69, 9.17) is 5.26 Å². The number of carbonyl (C=O) groups is 3. The molecule has 1 saturated heterocycles. The lowest BCUT2D eigenvalue weighted by molar-refractivity contribution is -0.184. The van der Waals surface area contributed by atoms with E-state index >= 15 is 0 Å². The minimum absolute atomic E-state index is 0.0142. The van der Waals surface area contributed by atoms with Crippen molar-refractivity contribution in [1.82, 2.24) is 19.8 Å². The highest BCUT2D eigenvalue weighted by molar-refractivity contribution is 5.84. The average molecular weight is 451 g/mol. The van der Waals surface area contributed by atoms with Gasteiger partial charge >= 0.3 is 6.18 Å². The fraction of sp³-hybridized carbons (Fsp3) is 0.429. The number of halogens is 3. The van der Waals surface area contributed by atoms with E-state index in [1.807, 2.05) is 6.07 Å². The monoisotopic (exact) mass is 451 g/mol. The van der Waals surface area contributed by atoms with Crippen molar-refractivity contribution >= 4 is 18.6 Å². The van der Waals surface area contributed by atoms with Crippen molar-refractivity contribution in [2.75, 3.05) is 26.7 Å². The van der Waals surface area contributed by atoms with Gasteiger partial charge in [-0.2, -0.15) is 23.4 Å². The second-order valence-corrected chi connectivity index (χ2v) is 7.57. The zero-order valence-corrected chi connectivity index (χ0v) is 17.7. The van der Waals surface area contributed by atoms with Gasteiger partial charge in [0.2, 0.25) is 12.3 Å². The molecule has 1 aliphatic heterocycles. The maximum absolute atomic E-state index is 13.0. The van der Waals surface area contributed by atoms with Crippen LogP contribution in [0.15, 0.2) is 36.4 Å². The Morgan fingerprint density at radius 2 is 2.09 bits per heavy atom. The van der Waals surface area contributed by atoms with E-state index in [1.54, 1.807) is 18.9 Å². The van der Waals surface area contributed by atoms with Gasteiger partial charge in [-0.15, -0.1) is 0 Å². The molecule has 8 nitrogen and oxygen atoms in total. The molecule has 32 heavy (non-hydrogen) atoms. The van der Waals surface area contributed by atoms with E-state index in [9.17, 15) is 27.6 Å². The number of rotatable bonds is 9. The molecule has 0 radical (unpaired) electrons. The van der Waals surface area contributed by atoms with Crippen molar-refractivity contribution in [3.63, 3.8) is 0 Å².